The Balaban J connectivity index is 1.51. The van der Waals surface area contributed by atoms with Gasteiger partial charge in [0.25, 0.3) is 0 Å². The van der Waals surface area contributed by atoms with Gasteiger partial charge in [-0.25, -0.2) is 4.98 Å². The maximum atomic E-state index is 10.4. The molecule has 0 amide bonds. The van der Waals surface area contributed by atoms with Crippen LogP contribution in [-0.4, -0.2) is 53.3 Å². The van der Waals surface area contributed by atoms with Gasteiger partial charge in [0, 0.05) is 44.3 Å². The topological polar surface area (TPSA) is 39.6 Å². The minimum Gasteiger partial charge on any atom is -0.389 e. The van der Waals surface area contributed by atoms with Crippen LogP contribution in [0.3, 0.4) is 0 Å². The van der Waals surface area contributed by atoms with Crippen molar-refractivity contribution in [2.24, 2.45) is 0 Å². The predicted octanol–water partition coefficient (Wildman–Crippen LogP) is 1.57. The fourth-order valence-corrected chi connectivity index (χ4v) is 3.77. The van der Waals surface area contributed by atoms with E-state index in [2.05, 4.69) is 14.8 Å². The summed E-state index contributed by atoms with van der Waals surface area (Å²) in [5, 5.41) is 13.6. The second kappa shape index (κ2) is 5.15. The lowest BCUT2D eigenvalue weighted by Crippen LogP contribution is -2.51. The second-order valence-corrected chi connectivity index (χ2v) is 6.38. The smallest absolute Gasteiger partial charge is 0.185 e. The minimum atomic E-state index is -0.399. The molecule has 4 nitrogen and oxygen atoms in total. The van der Waals surface area contributed by atoms with Crippen molar-refractivity contribution in [3.8, 4) is 0 Å². The first-order chi connectivity index (χ1) is 8.75. The number of anilines is 1. The zero-order chi connectivity index (χ0) is 12.4. The van der Waals surface area contributed by atoms with Gasteiger partial charge in [0.2, 0.25) is 0 Å². The summed E-state index contributed by atoms with van der Waals surface area (Å²) in [7, 11) is 0. The van der Waals surface area contributed by atoms with E-state index < -0.39 is 5.60 Å². The zero-order valence-corrected chi connectivity index (χ0v) is 11.5. The third-order valence-electron chi connectivity index (χ3n) is 4.11. The van der Waals surface area contributed by atoms with Crippen molar-refractivity contribution >= 4 is 16.5 Å². The summed E-state index contributed by atoms with van der Waals surface area (Å²) in [5.74, 6) is 0. The van der Waals surface area contributed by atoms with Crippen LogP contribution in [0.5, 0.6) is 0 Å². The van der Waals surface area contributed by atoms with Gasteiger partial charge in [0.05, 0.1) is 5.60 Å². The summed E-state index contributed by atoms with van der Waals surface area (Å²) in [6.45, 7) is 5.01. The summed E-state index contributed by atoms with van der Waals surface area (Å²) in [6.07, 6.45) is 6.22. The monoisotopic (exact) mass is 267 g/mol. The number of aliphatic hydroxyl groups is 1. The third kappa shape index (κ3) is 2.68. The van der Waals surface area contributed by atoms with Crippen molar-refractivity contribution in [3.63, 3.8) is 0 Å². The molecule has 1 aliphatic heterocycles. The standard InChI is InChI=1S/C13H21N3OS/c17-13(3-1-2-4-13)11-15-6-8-16(9-7-15)12-14-5-10-18-12/h5,10,17H,1-4,6-9,11H2. The van der Waals surface area contributed by atoms with Crippen molar-refractivity contribution in [1.29, 1.82) is 0 Å². The minimum absolute atomic E-state index is 0.399. The fraction of sp³-hybridized carbons (Fsp3) is 0.769. The van der Waals surface area contributed by atoms with Crippen LogP contribution in [0.2, 0.25) is 0 Å². The van der Waals surface area contributed by atoms with Gasteiger partial charge in [-0.15, -0.1) is 11.3 Å². The molecule has 1 saturated carbocycles. The molecule has 1 N–H and O–H groups in total. The molecule has 5 heteroatoms. The maximum absolute atomic E-state index is 10.4. The highest BCUT2D eigenvalue weighted by atomic mass is 32.1. The lowest BCUT2D eigenvalue weighted by Gasteiger charge is -2.38. The fourth-order valence-electron chi connectivity index (χ4n) is 3.08. The van der Waals surface area contributed by atoms with Gasteiger partial charge in [-0.2, -0.15) is 0 Å². The Morgan fingerprint density at radius 2 is 1.94 bits per heavy atom. The molecule has 0 radical (unpaired) electrons. The van der Waals surface area contributed by atoms with Crippen LogP contribution >= 0.6 is 11.3 Å². The number of β-amino-alcohol motifs (C(OH)–C–C–N with tert-alkyl or cyclic N) is 1. The first-order valence-electron chi connectivity index (χ1n) is 6.84. The molecule has 1 aromatic heterocycles. The van der Waals surface area contributed by atoms with E-state index in [-0.39, 0.29) is 0 Å². The molecule has 2 heterocycles. The van der Waals surface area contributed by atoms with Crippen LogP contribution in [-0.2, 0) is 0 Å². The molecule has 0 spiro atoms. The van der Waals surface area contributed by atoms with Crippen molar-refractivity contribution < 1.29 is 5.11 Å². The number of hydrogen-bond donors (Lipinski definition) is 1. The van der Waals surface area contributed by atoms with Gasteiger partial charge in [0.1, 0.15) is 0 Å². The first-order valence-corrected chi connectivity index (χ1v) is 7.72. The number of nitrogens with zero attached hydrogens (tertiary/aromatic N) is 3. The van der Waals surface area contributed by atoms with E-state index in [1.807, 2.05) is 11.6 Å². The Hall–Kier alpha value is -0.650. The molecule has 0 aromatic carbocycles. The zero-order valence-electron chi connectivity index (χ0n) is 10.7. The highest BCUT2D eigenvalue weighted by Crippen LogP contribution is 2.30. The summed E-state index contributed by atoms with van der Waals surface area (Å²) in [6, 6.07) is 0. The Morgan fingerprint density at radius 1 is 1.22 bits per heavy atom. The van der Waals surface area contributed by atoms with Crippen molar-refractivity contribution in [1.82, 2.24) is 9.88 Å². The maximum Gasteiger partial charge on any atom is 0.185 e. The van der Waals surface area contributed by atoms with E-state index in [1.54, 1.807) is 11.3 Å². The molecule has 2 fully saturated rings. The molecular formula is C13H21N3OS. The summed E-state index contributed by atoms with van der Waals surface area (Å²) >= 11 is 1.71. The van der Waals surface area contributed by atoms with Gasteiger partial charge in [-0.1, -0.05) is 12.8 Å². The molecular weight excluding hydrogens is 246 g/mol. The van der Waals surface area contributed by atoms with E-state index in [1.165, 1.54) is 12.8 Å². The Labute approximate surface area is 112 Å². The lowest BCUT2D eigenvalue weighted by atomic mass is 10.0. The average Bonchev–Trinajstić information content (AvgIpc) is 3.02. The van der Waals surface area contributed by atoms with Gasteiger partial charge >= 0.3 is 0 Å². The number of hydrogen-bond acceptors (Lipinski definition) is 5. The van der Waals surface area contributed by atoms with Gasteiger partial charge in [0.15, 0.2) is 5.13 Å². The van der Waals surface area contributed by atoms with Crippen LogP contribution in [0.4, 0.5) is 5.13 Å². The highest BCUT2D eigenvalue weighted by Gasteiger charge is 2.34. The number of aromatic nitrogens is 1. The van der Waals surface area contributed by atoms with Crippen LogP contribution in [0, 0.1) is 0 Å². The van der Waals surface area contributed by atoms with Crippen LogP contribution in [0.25, 0.3) is 0 Å². The second-order valence-electron chi connectivity index (χ2n) is 5.51. The molecule has 0 bridgehead atoms. The Morgan fingerprint density at radius 3 is 2.56 bits per heavy atom. The van der Waals surface area contributed by atoms with Gasteiger partial charge in [-0.3, -0.25) is 4.90 Å². The van der Waals surface area contributed by atoms with E-state index >= 15 is 0 Å². The quantitative estimate of drug-likeness (QED) is 0.902. The van der Waals surface area contributed by atoms with Crippen molar-refractivity contribution in [2.75, 3.05) is 37.6 Å². The molecule has 18 heavy (non-hydrogen) atoms. The molecule has 100 valence electrons. The van der Waals surface area contributed by atoms with Crippen molar-refractivity contribution in [2.45, 2.75) is 31.3 Å². The van der Waals surface area contributed by atoms with E-state index in [9.17, 15) is 5.11 Å². The van der Waals surface area contributed by atoms with E-state index in [4.69, 9.17) is 0 Å². The Kier molecular flexibility index (Phi) is 3.54. The predicted molar refractivity (Wildman–Crippen MR) is 74.2 cm³/mol. The number of piperazine rings is 1. The molecule has 3 rings (SSSR count). The first kappa shape index (κ1) is 12.4. The van der Waals surface area contributed by atoms with Crippen molar-refractivity contribution in [3.05, 3.63) is 11.6 Å². The molecule has 0 unspecified atom stereocenters. The molecule has 2 aliphatic rings. The highest BCUT2D eigenvalue weighted by molar-refractivity contribution is 7.13. The van der Waals surface area contributed by atoms with E-state index in [0.717, 1.165) is 50.7 Å². The third-order valence-corrected chi connectivity index (χ3v) is 4.95. The molecule has 1 aromatic rings. The summed E-state index contributed by atoms with van der Waals surface area (Å²) in [4.78, 5) is 9.12. The molecule has 1 saturated heterocycles. The van der Waals surface area contributed by atoms with Crippen LogP contribution < -0.4 is 4.90 Å². The van der Waals surface area contributed by atoms with Crippen LogP contribution in [0.1, 0.15) is 25.7 Å². The molecule has 0 atom stereocenters. The number of thiazole rings is 1. The molecule has 1 aliphatic carbocycles. The van der Waals surface area contributed by atoms with Crippen LogP contribution in [0.15, 0.2) is 11.6 Å². The largest absolute Gasteiger partial charge is 0.389 e. The summed E-state index contributed by atoms with van der Waals surface area (Å²) < 4.78 is 0. The lowest BCUT2D eigenvalue weighted by molar-refractivity contribution is 0.00802. The normalized spacial score (nSPS) is 24.6. The van der Waals surface area contributed by atoms with Gasteiger partial charge in [-0.05, 0) is 12.8 Å². The number of rotatable bonds is 3. The SMILES string of the molecule is OC1(CN2CCN(c3nccs3)CC2)CCCC1. The average molecular weight is 267 g/mol. The summed E-state index contributed by atoms with van der Waals surface area (Å²) in [5.41, 5.74) is -0.399. The van der Waals surface area contributed by atoms with Gasteiger partial charge < -0.3 is 10.0 Å². The van der Waals surface area contributed by atoms with E-state index in [0.29, 0.717) is 0 Å². The Bertz CT molecular complexity index is 368.